The van der Waals surface area contributed by atoms with Gasteiger partial charge in [-0.3, -0.25) is 4.90 Å². The summed E-state index contributed by atoms with van der Waals surface area (Å²) >= 11 is 0. The number of ether oxygens (including phenoxy) is 3. The molecular formula is C28H29N2O3+. The fourth-order valence-electron chi connectivity index (χ4n) is 4.94. The molecule has 0 amide bonds. The molecule has 0 fully saturated rings. The van der Waals surface area contributed by atoms with E-state index in [1.807, 2.05) is 6.07 Å². The van der Waals surface area contributed by atoms with Crippen LogP contribution in [0.2, 0.25) is 0 Å². The van der Waals surface area contributed by atoms with Gasteiger partial charge in [0, 0.05) is 23.6 Å². The molecule has 0 atom stereocenters. The fraction of sp³-hybridized carbons (Fsp3) is 0.250. The van der Waals surface area contributed by atoms with Gasteiger partial charge < -0.3 is 14.2 Å². The summed E-state index contributed by atoms with van der Waals surface area (Å²) in [6, 6.07) is 21.3. The summed E-state index contributed by atoms with van der Waals surface area (Å²) in [4.78, 5) is 2.18. The molecule has 5 nitrogen and oxygen atoms in total. The summed E-state index contributed by atoms with van der Waals surface area (Å²) in [6.07, 6.45) is 0.943. The van der Waals surface area contributed by atoms with Gasteiger partial charge in [0.05, 0.1) is 47.4 Å². The van der Waals surface area contributed by atoms with Crippen LogP contribution in [0.15, 0.2) is 60.7 Å². The van der Waals surface area contributed by atoms with Crippen molar-refractivity contribution in [3.8, 4) is 39.6 Å². The highest BCUT2D eigenvalue weighted by atomic mass is 16.5. The fourth-order valence-corrected chi connectivity index (χ4v) is 4.94. The predicted molar refractivity (Wildman–Crippen MR) is 133 cm³/mol. The highest BCUT2D eigenvalue weighted by molar-refractivity contribution is 5.96. The maximum atomic E-state index is 5.80. The molecule has 168 valence electrons. The Morgan fingerprint density at radius 3 is 2.12 bits per heavy atom. The van der Waals surface area contributed by atoms with Gasteiger partial charge in [-0.2, -0.15) is 0 Å². The predicted octanol–water partition coefficient (Wildman–Crippen LogP) is 5.11. The van der Waals surface area contributed by atoms with E-state index in [9.17, 15) is 0 Å². The Morgan fingerprint density at radius 1 is 0.758 bits per heavy atom. The zero-order valence-corrected chi connectivity index (χ0v) is 19.8. The molecule has 0 radical (unpaired) electrons. The van der Waals surface area contributed by atoms with Crippen LogP contribution in [0.25, 0.3) is 33.2 Å². The van der Waals surface area contributed by atoms with Crippen LogP contribution < -0.4 is 23.7 Å². The molecule has 4 aromatic rings. The first-order valence-corrected chi connectivity index (χ1v) is 11.1. The molecule has 0 N–H and O–H groups in total. The van der Waals surface area contributed by atoms with E-state index in [1.54, 1.807) is 21.3 Å². The standard InChI is InChI=1S/C28H29N2O3/c1-29(2)28-23-17-27(33-5)26(32-4)15-20(23)13-24-21-16-22(18-9-7-6-8-10-18)25(31-3)14-19(21)11-12-30(24)28/h6-10,13-17H,11-12H2,1-5H3/q+1. The van der Waals surface area contributed by atoms with Crippen LogP contribution in [-0.4, -0.2) is 35.4 Å². The first-order valence-electron chi connectivity index (χ1n) is 11.1. The summed E-state index contributed by atoms with van der Waals surface area (Å²) in [6.45, 7) is 0.897. The van der Waals surface area contributed by atoms with Crippen LogP contribution in [0.4, 0.5) is 5.82 Å². The van der Waals surface area contributed by atoms with Crippen molar-refractivity contribution in [2.45, 2.75) is 13.0 Å². The number of methoxy groups -OCH3 is 3. The summed E-state index contributed by atoms with van der Waals surface area (Å²) in [5.74, 6) is 3.54. The number of hydrogen-bond donors (Lipinski definition) is 0. The Morgan fingerprint density at radius 2 is 1.45 bits per heavy atom. The normalized spacial score (nSPS) is 12.2. The van der Waals surface area contributed by atoms with Gasteiger partial charge in [-0.05, 0) is 40.8 Å². The molecule has 5 rings (SSSR count). The lowest BCUT2D eigenvalue weighted by molar-refractivity contribution is -0.674. The zero-order valence-electron chi connectivity index (χ0n) is 19.8. The molecule has 0 saturated heterocycles. The van der Waals surface area contributed by atoms with E-state index in [1.165, 1.54) is 16.8 Å². The Balaban J connectivity index is 1.82. The number of fused-ring (bicyclic) bond motifs is 4. The summed E-state index contributed by atoms with van der Waals surface area (Å²) in [7, 11) is 9.29. The van der Waals surface area contributed by atoms with E-state index in [0.717, 1.165) is 57.9 Å². The SMILES string of the molecule is COc1cc2cc3[n+](c(N(C)C)c2cc1OC)CCc1cc(OC)c(-c2ccccc2)cc1-3. The summed E-state index contributed by atoms with van der Waals surface area (Å²) in [5.41, 5.74) is 5.98. The van der Waals surface area contributed by atoms with Crippen molar-refractivity contribution in [2.24, 2.45) is 0 Å². The number of nitrogens with zero attached hydrogens (tertiary/aromatic N) is 2. The smallest absolute Gasteiger partial charge is 0.284 e. The first kappa shape index (κ1) is 21.1. The second-order valence-electron chi connectivity index (χ2n) is 8.52. The lowest BCUT2D eigenvalue weighted by Crippen LogP contribution is -2.45. The third kappa shape index (κ3) is 3.44. The lowest BCUT2D eigenvalue weighted by atomic mass is 9.91. The molecule has 0 aliphatic carbocycles. The Labute approximate surface area is 194 Å². The molecule has 1 aliphatic heterocycles. The lowest BCUT2D eigenvalue weighted by Gasteiger charge is -2.25. The van der Waals surface area contributed by atoms with Gasteiger partial charge >= 0.3 is 0 Å². The Hall–Kier alpha value is -3.73. The minimum absolute atomic E-state index is 0.732. The van der Waals surface area contributed by atoms with Crippen LogP contribution in [-0.2, 0) is 13.0 Å². The summed E-state index contributed by atoms with van der Waals surface area (Å²) in [5, 5.41) is 2.26. The van der Waals surface area contributed by atoms with Crippen molar-refractivity contribution in [1.82, 2.24) is 0 Å². The van der Waals surface area contributed by atoms with Crippen molar-refractivity contribution >= 4 is 16.6 Å². The number of hydrogen-bond acceptors (Lipinski definition) is 4. The van der Waals surface area contributed by atoms with Gasteiger partial charge in [-0.1, -0.05) is 30.3 Å². The second kappa shape index (κ2) is 8.32. The van der Waals surface area contributed by atoms with E-state index in [4.69, 9.17) is 14.2 Å². The van der Waals surface area contributed by atoms with Crippen molar-refractivity contribution in [2.75, 3.05) is 40.3 Å². The number of aryl methyl sites for hydroxylation is 1. The van der Waals surface area contributed by atoms with Crippen molar-refractivity contribution in [3.05, 3.63) is 66.2 Å². The molecule has 5 heteroatoms. The Bertz CT molecular complexity index is 1350. The van der Waals surface area contributed by atoms with E-state index < -0.39 is 0 Å². The largest absolute Gasteiger partial charge is 0.496 e. The highest BCUT2D eigenvalue weighted by Gasteiger charge is 2.29. The molecule has 0 spiro atoms. The van der Waals surface area contributed by atoms with E-state index in [-0.39, 0.29) is 0 Å². The van der Waals surface area contributed by atoms with E-state index in [0.29, 0.717) is 0 Å². The van der Waals surface area contributed by atoms with Crippen LogP contribution in [0.5, 0.6) is 17.2 Å². The molecular weight excluding hydrogens is 412 g/mol. The topological polar surface area (TPSA) is 34.8 Å². The van der Waals surface area contributed by atoms with Crippen LogP contribution in [0.3, 0.4) is 0 Å². The average Bonchev–Trinajstić information content (AvgIpc) is 2.85. The molecule has 0 bridgehead atoms. The number of anilines is 1. The molecule has 0 unspecified atom stereocenters. The molecule has 33 heavy (non-hydrogen) atoms. The second-order valence-corrected chi connectivity index (χ2v) is 8.52. The molecule has 0 saturated carbocycles. The number of aromatic nitrogens is 1. The maximum absolute atomic E-state index is 5.80. The van der Waals surface area contributed by atoms with Gasteiger partial charge in [0.1, 0.15) is 11.4 Å². The summed E-state index contributed by atoms with van der Waals surface area (Å²) < 4.78 is 19.4. The van der Waals surface area contributed by atoms with Crippen molar-refractivity contribution in [3.63, 3.8) is 0 Å². The van der Waals surface area contributed by atoms with Crippen molar-refractivity contribution < 1.29 is 18.8 Å². The van der Waals surface area contributed by atoms with Crippen LogP contribution in [0, 0.1) is 0 Å². The molecule has 2 heterocycles. The van der Waals surface area contributed by atoms with Gasteiger partial charge in [-0.15, -0.1) is 0 Å². The minimum atomic E-state index is 0.732. The Kier molecular flexibility index (Phi) is 5.33. The van der Waals surface area contributed by atoms with Gasteiger partial charge in [0.2, 0.25) is 0 Å². The van der Waals surface area contributed by atoms with Crippen LogP contribution in [0.1, 0.15) is 5.56 Å². The van der Waals surface area contributed by atoms with Crippen molar-refractivity contribution in [1.29, 1.82) is 0 Å². The molecule has 1 aliphatic rings. The average molecular weight is 442 g/mol. The third-order valence-corrected chi connectivity index (χ3v) is 6.45. The maximum Gasteiger partial charge on any atom is 0.284 e. The minimum Gasteiger partial charge on any atom is -0.496 e. The quantitative estimate of drug-likeness (QED) is 0.403. The highest BCUT2D eigenvalue weighted by Crippen LogP contribution is 2.41. The monoisotopic (exact) mass is 441 g/mol. The number of benzene rings is 3. The third-order valence-electron chi connectivity index (χ3n) is 6.45. The molecule has 3 aromatic carbocycles. The first-order chi connectivity index (χ1) is 16.0. The van der Waals surface area contributed by atoms with E-state index >= 15 is 0 Å². The van der Waals surface area contributed by atoms with Crippen LogP contribution >= 0.6 is 0 Å². The van der Waals surface area contributed by atoms with Gasteiger partial charge in [0.15, 0.2) is 11.5 Å². The van der Waals surface area contributed by atoms with Gasteiger partial charge in [-0.25, -0.2) is 4.57 Å². The zero-order chi connectivity index (χ0) is 23.1. The van der Waals surface area contributed by atoms with Gasteiger partial charge in [0.25, 0.3) is 5.82 Å². The molecule has 1 aromatic heterocycles. The number of pyridine rings is 1. The number of rotatable bonds is 5. The van der Waals surface area contributed by atoms with E-state index in [2.05, 4.69) is 78.2 Å².